The van der Waals surface area contributed by atoms with Crippen LogP contribution >= 0.6 is 0 Å². The molecule has 10 heteroatoms. The van der Waals surface area contributed by atoms with Gasteiger partial charge in [-0.05, 0) is 12.8 Å². The summed E-state index contributed by atoms with van der Waals surface area (Å²) in [6, 6.07) is 0. The maximum absolute atomic E-state index is 14.0. The molecule has 0 aromatic carbocycles. The molecular formula is C37H63FN2O7. The number of halogens is 1. The number of nitrogens with zero attached hydrogens (tertiary/aromatic N) is 1. The van der Waals surface area contributed by atoms with E-state index in [1.807, 2.05) is 4.98 Å². The van der Waals surface area contributed by atoms with Gasteiger partial charge in [0.25, 0.3) is 5.56 Å². The van der Waals surface area contributed by atoms with Crippen molar-refractivity contribution in [2.24, 2.45) is 0 Å². The maximum atomic E-state index is 14.0. The summed E-state index contributed by atoms with van der Waals surface area (Å²) in [4.78, 5) is 51.0. The summed E-state index contributed by atoms with van der Waals surface area (Å²) in [5.74, 6) is -1.86. The normalized spacial score (nSPS) is 17.6. The third-order valence-electron chi connectivity index (χ3n) is 9.08. The molecule has 0 radical (unpaired) electrons. The van der Waals surface area contributed by atoms with E-state index in [2.05, 4.69) is 13.8 Å². The van der Waals surface area contributed by atoms with Gasteiger partial charge in [-0.1, -0.05) is 142 Å². The number of aromatic amines is 1. The standard InChI is InChI=1S/C37H63FN2O7/c1-3-5-7-9-11-13-15-17-19-21-23-25-34(41)45-29-32-31(27-33(46-32)40-28-30(38)36(43)39-37(40)44)47-35(42)26-24-22-20-18-16-14-12-10-8-6-4-2/h28,31-33H,3-27,29H2,1-2H3,(H,39,43,44)/t31-,32+,33+/m0/s1. The predicted molar refractivity (Wildman–Crippen MR) is 183 cm³/mol. The Balaban J connectivity index is 1.73. The van der Waals surface area contributed by atoms with Crippen molar-refractivity contribution in [2.45, 2.75) is 193 Å². The number of rotatable bonds is 28. The van der Waals surface area contributed by atoms with Crippen molar-refractivity contribution in [2.75, 3.05) is 6.61 Å². The molecular weight excluding hydrogens is 603 g/mol. The third-order valence-corrected chi connectivity index (χ3v) is 9.08. The topological polar surface area (TPSA) is 117 Å². The zero-order valence-corrected chi connectivity index (χ0v) is 29.4. The SMILES string of the molecule is CCCCCCCCCCCCCC(=O)OC[C@H]1O[C@@H](n2cc(F)c(=O)[nH]c2=O)C[C@@H]1OC(=O)CCCCCCCCCCCCC. The fraction of sp³-hybridized carbons (Fsp3) is 0.838. The molecule has 9 nitrogen and oxygen atoms in total. The predicted octanol–water partition coefficient (Wildman–Crippen LogP) is 8.82. The molecule has 0 amide bonds. The number of ether oxygens (including phenoxy) is 3. The lowest BCUT2D eigenvalue weighted by atomic mass is 10.1. The fourth-order valence-electron chi connectivity index (χ4n) is 6.16. The van der Waals surface area contributed by atoms with E-state index in [1.165, 1.54) is 96.3 Å². The first kappa shape index (κ1) is 40.7. The van der Waals surface area contributed by atoms with Crippen LogP contribution in [-0.2, 0) is 23.8 Å². The summed E-state index contributed by atoms with van der Waals surface area (Å²) in [5, 5.41) is 0. The minimum atomic E-state index is -1.12. The molecule has 47 heavy (non-hydrogen) atoms. The number of hydrogen-bond acceptors (Lipinski definition) is 7. The molecule has 1 aromatic rings. The van der Waals surface area contributed by atoms with Gasteiger partial charge < -0.3 is 14.2 Å². The van der Waals surface area contributed by atoms with E-state index in [0.717, 1.165) is 55.7 Å². The number of nitrogens with one attached hydrogen (secondary N) is 1. The van der Waals surface area contributed by atoms with Gasteiger partial charge in [0.05, 0.1) is 6.20 Å². The Labute approximate surface area is 281 Å². The highest BCUT2D eigenvalue weighted by Gasteiger charge is 2.40. The smallest absolute Gasteiger partial charge is 0.330 e. The summed E-state index contributed by atoms with van der Waals surface area (Å²) >= 11 is 0. The van der Waals surface area contributed by atoms with E-state index in [1.54, 1.807) is 0 Å². The number of carbonyl (C=O) groups excluding carboxylic acids is 2. The molecule has 0 bridgehead atoms. The van der Waals surface area contributed by atoms with Gasteiger partial charge in [-0.2, -0.15) is 4.39 Å². The first-order chi connectivity index (χ1) is 22.8. The fourth-order valence-corrected chi connectivity index (χ4v) is 6.16. The summed E-state index contributed by atoms with van der Waals surface area (Å²) in [6.07, 6.45) is 24.8. The second-order valence-electron chi connectivity index (χ2n) is 13.3. The third kappa shape index (κ3) is 18.0. The minimum Gasteiger partial charge on any atom is -0.463 e. The van der Waals surface area contributed by atoms with Gasteiger partial charge >= 0.3 is 17.6 Å². The number of esters is 2. The van der Waals surface area contributed by atoms with Gasteiger partial charge in [0.2, 0.25) is 5.82 Å². The highest BCUT2D eigenvalue weighted by Crippen LogP contribution is 2.31. The Bertz CT molecular complexity index is 1100. The minimum absolute atomic E-state index is 0.0657. The number of carbonyl (C=O) groups is 2. The molecule has 3 atom stereocenters. The zero-order valence-electron chi connectivity index (χ0n) is 29.4. The monoisotopic (exact) mass is 666 g/mol. The van der Waals surface area contributed by atoms with E-state index in [0.29, 0.717) is 6.42 Å². The lowest BCUT2D eigenvalue weighted by molar-refractivity contribution is -0.158. The van der Waals surface area contributed by atoms with Crippen molar-refractivity contribution in [3.8, 4) is 0 Å². The molecule has 0 saturated carbocycles. The van der Waals surface area contributed by atoms with Crippen molar-refractivity contribution in [1.29, 1.82) is 0 Å². The van der Waals surface area contributed by atoms with Crippen molar-refractivity contribution < 1.29 is 28.2 Å². The van der Waals surface area contributed by atoms with Crippen LogP contribution in [0.5, 0.6) is 0 Å². The summed E-state index contributed by atoms with van der Waals surface area (Å²) in [7, 11) is 0. The molecule has 1 saturated heterocycles. The van der Waals surface area contributed by atoms with Gasteiger partial charge in [-0.3, -0.25) is 23.9 Å². The Morgan fingerprint density at radius 2 is 1.19 bits per heavy atom. The van der Waals surface area contributed by atoms with E-state index in [-0.39, 0.29) is 31.4 Å². The number of H-pyrrole nitrogens is 1. The molecule has 0 aliphatic carbocycles. The molecule has 2 heterocycles. The number of hydrogen-bond donors (Lipinski definition) is 1. The largest absolute Gasteiger partial charge is 0.463 e. The van der Waals surface area contributed by atoms with Crippen molar-refractivity contribution in [3.05, 3.63) is 32.9 Å². The second-order valence-corrected chi connectivity index (χ2v) is 13.3. The Kier molecular flexibility index (Phi) is 22.1. The van der Waals surface area contributed by atoms with Gasteiger partial charge in [0.1, 0.15) is 25.0 Å². The lowest BCUT2D eigenvalue weighted by Gasteiger charge is -2.19. The van der Waals surface area contributed by atoms with Crippen LogP contribution in [-0.4, -0.2) is 40.3 Å². The van der Waals surface area contributed by atoms with Crippen LogP contribution in [0.4, 0.5) is 4.39 Å². The number of aromatic nitrogens is 2. The maximum Gasteiger partial charge on any atom is 0.330 e. The average molecular weight is 667 g/mol. The highest BCUT2D eigenvalue weighted by atomic mass is 19.1. The van der Waals surface area contributed by atoms with E-state index in [9.17, 15) is 23.6 Å². The summed E-state index contributed by atoms with van der Waals surface area (Å²) in [6.45, 7) is 4.31. The Hall–Kier alpha value is -2.49. The molecule has 1 aliphatic heterocycles. The van der Waals surface area contributed by atoms with Gasteiger partial charge in [-0.15, -0.1) is 0 Å². The number of unbranched alkanes of at least 4 members (excludes halogenated alkanes) is 20. The average Bonchev–Trinajstić information content (AvgIpc) is 3.44. The Morgan fingerprint density at radius 3 is 1.68 bits per heavy atom. The molecule has 270 valence electrons. The summed E-state index contributed by atoms with van der Waals surface area (Å²) in [5.41, 5.74) is -1.95. The van der Waals surface area contributed by atoms with Crippen LogP contribution in [0.25, 0.3) is 0 Å². The van der Waals surface area contributed by atoms with Crippen molar-refractivity contribution in [1.82, 2.24) is 9.55 Å². The van der Waals surface area contributed by atoms with Crippen LogP contribution in [0.2, 0.25) is 0 Å². The molecule has 0 unspecified atom stereocenters. The van der Waals surface area contributed by atoms with E-state index in [4.69, 9.17) is 14.2 Å². The quantitative estimate of drug-likeness (QED) is 0.0702. The van der Waals surface area contributed by atoms with E-state index >= 15 is 0 Å². The highest BCUT2D eigenvalue weighted by molar-refractivity contribution is 5.70. The van der Waals surface area contributed by atoms with Crippen LogP contribution in [0.1, 0.15) is 181 Å². The Morgan fingerprint density at radius 1 is 0.745 bits per heavy atom. The van der Waals surface area contributed by atoms with Crippen LogP contribution in [0, 0.1) is 5.82 Å². The van der Waals surface area contributed by atoms with Crippen LogP contribution in [0.3, 0.4) is 0 Å². The van der Waals surface area contributed by atoms with Gasteiger partial charge in [0, 0.05) is 19.3 Å². The van der Waals surface area contributed by atoms with E-state index < -0.39 is 35.5 Å². The zero-order chi connectivity index (χ0) is 34.1. The first-order valence-corrected chi connectivity index (χ1v) is 18.9. The molecule has 0 spiro atoms. The molecule has 1 fully saturated rings. The molecule has 1 N–H and O–H groups in total. The van der Waals surface area contributed by atoms with Gasteiger partial charge in [-0.25, -0.2) is 4.79 Å². The van der Waals surface area contributed by atoms with Crippen molar-refractivity contribution >= 4 is 11.9 Å². The van der Waals surface area contributed by atoms with Crippen molar-refractivity contribution in [3.63, 3.8) is 0 Å². The lowest BCUT2D eigenvalue weighted by Crippen LogP contribution is -2.34. The van der Waals surface area contributed by atoms with Crippen LogP contribution < -0.4 is 11.2 Å². The second kappa shape index (κ2) is 25.5. The summed E-state index contributed by atoms with van der Waals surface area (Å²) < 4.78 is 32.1. The van der Waals surface area contributed by atoms with Gasteiger partial charge in [0.15, 0.2) is 0 Å². The van der Waals surface area contributed by atoms with Crippen LogP contribution in [0.15, 0.2) is 15.8 Å². The molecule has 2 rings (SSSR count). The molecule has 1 aliphatic rings. The first-order valence-electron chi connectivity index (χ1n) is 18.9. The molecule has 1 aromatic heterocycles.